The van der Waals surface area contributed by atoms with Crippen LogP contribution >= 0.6 is 23.8 Å². The summed E-state index contributed by atoms with van der Waals surface area (Å²) in [4.78, 5) is 12.6. The summed E-state index contributed by atoms with van der Waals surface area (Å²) in [5, 5.41) is 8.11. The van der Waals surface area contributed by atoms with Gasteiger partial charge in [-0.2, -0.15) is 5.10 Å². The second-order valence-corrected chi connectivity index (χ2v) is 8.59. The highest BCUT2D eigenvalue weighted by atomic mass is 35.5. The van der Waals surface area contributed by atoms with E-state index in [0.717, 1.165) is 16.8 Å². The van der Waals surface area contributed by atoms with Gasteiger partial charge in [-0.25, -0.2) is 4.68 Å². The molecule has 0 unspecified atom stereocenters. The molecule has 1 aromatic heterocycles. The van der Waals surface area contributed by atoms with E-state index in [4.69, 9.17) is 38.4 Å². The first-order valence-electron chi connectivity index (χ1n) is 10.7. The molecular formula is C25H21ClN4O3S. The van der Waals surface area contributed by atoms with Crippen LogP contribution in [0, 0.1) is 11.7 Å². The van der Waals surface area contributed by atoms with Crippen molar-refractivity contribution in [2.24, 2.45) is 0 Å². The number of rotatable bonds is 6. The van der Waals surface area contributed by atoms with E-state index in [9.17, 15) is 4.79 Å². The van der Waals surface area contributed by atoms with Gasteiger partial charge >= 0.3 is 0 Å². The summed E-state index contributed by atoms with van der Waals surface area (Å²) in [6.07, 6.45) is 0.177. The Morgan fingerprint density at radius 2 is 1.88 bits per heavy atom. The fraction of sp³-hybridized carbons (Fsp3) is 0.160. The highest BCUT2D eigenvalue weighted by molar-refractivity contribution is 7.71. The SMILES string of the molecule is Cc1ccc(-n2c(-c3cccc4c3OCO4)nn(CCC(=O)Nc3ccccc3Cl)c2=S)cc1. The lowest BCUT2D eigenvalue weighted by Crippen LogP contribution is -2.15. The lowest BCUT2D eigenvalue weighted by Gasteiger charge is -2.09. The van der Waals surface area contributed by atoms with Gasteiger partial charge in [0.15, 0.2) is 17.3 Å². The van der Waals surface area contributed by atoms with E-state index >= 15 is 0 Å². The van der Waals surface area contributed by atoms with Crippen LogP contribution in [0.3, 0.4) is 0 Å². The molecule has 0 fully saturated rings. The first-order chi connectivity index (χ1) is 16.5. The Bertz CT molecular complexity index is 1430. The van der Waals surface area contributed by atoms with E-state index in [2.05, 4.69) is 5.32 Å². The summed E-state index contributed by atoms with van der Waals surface area (Å²) in [5.74, 6) is 1.72. The molecule has 1 amide bonds. The molecule has 0 atom stereocenters. The molecule has 0 saturated heterocycles. The van der Waals surface area contributed by atoms with Crippen molar-refractivity contribution in [3.63, 3.8) is 0 Å². The molecule has 0 spiro atoms. The summed E-state index contributed by atoms with van der Waals surface area (Å²) in [6, 6.07) is 20.8. The number of fused-ring (bicyclic) bond motifs is 1. The van der Waals surface area contributed by atoms with Crippen molar-refractivity contribution in [1.82, 2.24) is 14.3 Å². The number of ether oxygens (including phenoxy) is 2. The molecule has 1 N–H and O–H groups in total. The van der Waals surface area contributed by atoms with Crippen molar-refractivity contribution in [3.05, 3.63) is 82.1 Å². The van der Waals surface area contributed by atoms with E-state index in [0.29, 0.717) is 39.3 Å². The summed E-state index contributed by atoms with van der Waals surface area (Å²) in [7, 11) is 0. The van der Waals surface area contributed by atoms with Gasteiger partial charge in [-0.3, -0.25) is 9.36 Å². The molecular weight excluding hydrogens is 472 g/mol. The van der Waals surface area contributed by atoms with Crippen molar-refractivity contribution in [2.45, 2.75) is 19.9 Å². The van der Waals surface area contributed by atoms with Crippen LogP contribution in [0.25, 0.3) is 17.1 Å². The number of aromatic nitrogens is 3. The first kappa shape index (κ1) is 22.2. The number of amides is 1. The van der Waals surface area contributed by atoms with Crippen molar-refractivity contribution in [2.75, 3.05) is 12.1 Å². The zero-order valence-corrected chi connectivity index (χ0v) is 19.9. The highest BCUT2D eigenvalue weighted by Gasteiger charge is 2.24. The van der Waals surface area contributed by atoms with Crippen molar-refractivity contribution in [1.29, 1.82) is 0 Å². The number of anilines is 1. The average Bonchev–Trinajstić information content (AvgIpc) is 3.44. The van der Waals surface area contributed by atoms with Crippen LogP contribution in [0.5, 0.6) is 11.5 Å². The van der Waals surface area contributed by atoms with E-state index in [1.807, 2.05) is 66.1 Å². The molecule has 4 aromatic rings. The van der Waals surface area contributed by atoms with E-state index in [1.165, 1.54) is 0 Å². The quantitative estimate of drug-likeness (QED) is 0.345. The molecule has 1 aliphatic rings. The van der Waals surface area contributed by atoms with Gasteiger partial charge < -0.3 is 14.8 Å². The van der Waals surface area contributed by atoms with E-state index in [1.54, 1.807) is 16.8 Å². The number of nitrogens with one attached hydrogen (secondary N) is 1. The number of aryl methyl sites for hydroxylation is 2. The van der Waals surface area contributed by atoms with Gasteiger partial charge in [0.1, 0.15) is 0 Å². The number of carbonyl (C=O) groups is 1. The van der Waals surface area contributed by atoms with Crippen LogP contribution in [-0.2, 0) is 11.3 Å². The summed E-state index contributed by atoms with van der Waals surface area (Å²) in [6.45, 7) is 2.48. The minimum atomic E-state index is -0.182. The molecule has 0 radical (unpaired) electrons. The summed E-state index contributed by atoms with van der Waals surface area (Å²) in [5.41, 5.74) is 3.34. The second kappa shape index (κ2) is 9.32. The smallest absolute Gasteiger partial charge is 0.231 e. The third-order valence-corrected chi connectivity index (χ3v) is 6.19. The van der Waals surface area contributed by atoms with Crippen LogP contribution in [0.15, 0.2) is 66.7 Å². The molecule has 1 aliphatic heterocycles. The van der Waals surface area contributed by atoms with Crippen molar-refractivity contribution >= 4 is 35.4 Å². The predicted octanol–water partition coefficient (Wildman–Crippen LogP) is 5.79. The third kappa shape index (κ3) is 4.30. The minimum absolute atomic E-state index is 0.153. The number of carbonyl (C=O) groups excluding carboxylic acids is 1. The maximum atomic E-state index is 12.6. The lowest BCUT2D eigenvalue weighted by molar-refractivity contribution is -0.116. The van der Waals surface area contributed by atoms with Gasteiger partial charge in [0.2, 0.25) is 17.5 Å². The fourth-order valence-corrected chi connectivity index (χ4v) is 4.25. The zero-order chi connectivity index (χ0) is 23.7. The first-order valence-corrected chi connectivity index (χ1v) is 11.5. The maximum absolute atomic E-state index is 12.6. The number of hydrogen-bond acceptors (Lipinski definition) is 5. The Hall–Kier alpha value is -3.62. The molecule has 5 rings (SSSR count). The van der Waals surface area contributed by atoms with Gasteiger partial charge in [0, 0.05) is 12.1 Å². The molecule has 0 aliphatic carbocycles. The standard InChI is InChI=1S/C25H21ClN4O3S/c1-16-9-11-17(12-10-16)30-24(18-5-4-8-21-23(18)33-15-32-21)28-29(25(30)34)14-13-22(31)27-20-7-3-2-6-19(20)26/h2-12H,13-15H2,1H3,(H,27,31). The van der Waals surface area contributed by atoms with Gasteiger partial charge in [0.25, 0.3) is 0 Å². The van der Waals surface area contributed by atoms with Crippen LogP contribution in [0.1, 0.15) is 12.0 Å². The molecule has 3 aromatic carbocycles. The van der Waals surface area contributed by atoms with Gasteiger partial charge in [0.05, 0.1) is 22.8 Å². The molecule has 9 heteroatoms. The van der Waals surface area contributed by atoms with Crippen LogP contribution in [-0.4, -0.2) is 27.0 Å². The Morgan fingerprint density at radius 3 is 2.68 bits per heavy atom. The van der Waals surface area contributed by atoms with E-state index < -0.39 is 0 Å². The highest BCUT2D eigenvalue weighted by Crippen LogP contribution is 2.41. The van der Waals surface area contributed by atoms with Gasteiger partial charge in [-0.1, -0.05) is 47.5 Å². The number of benzene rings is 3. The Kier molecular flexibility index (Phi) is 6.08. The Balaban J connectivity index is 1.49. The second-order valence-electron chi connectivity index (χ2n) is 7.82. The largest absolute Gasteiger partial charge is 0.454 e. The number of halogens is 1. The van der Waals surface area contributed by atoms with Crippen LogP contribution < -0.4 is 14.8 Å². The van der Waals surface area contributed by atoms with Crippen molar-refractivity contribution < 1.29 is 14.3 Å². The minimum Gasteiger partial charge on any atom is -0.454 e. The summed E-state index contributed by atoms with van der Waals surface area (Å²) < 4.78 is 15.3. The maximum Gasteiger partial charge on any atom is 0.231 e. The Labute approximate surface area is 206 Å². The molecule has 7 nitrogen and oxygen atoms in total. The molecule has 0 saturated carbocycles. The third-order valence-electron chi connectivity index (χ3n) is 5.47. The number of nitrogens with zero attached hydrogens (tertiary/aromatic N) is 3. The predicted molar refractivity (Wildman–Crippen MR) is 133 cm³/mol. The van der Waals surface area contributed by atoms with Gasteiger partial charge in [-0.05, 0) is 55.5 Å². The summed E-state index contributed by atoms with van der Waals surface area (Å²) >= 11 is 12.0. The molecule has 172 valence electrons. The Morgan fingerprint density at radius 1 is 1.09 bits per heavy atom. The topological polar surface area (TPSA) is 70.3 Å². The number of para-hydroxylation sites is 2. The monoisotopic (exact) mass is 492 g/mol. The molecule has 0 bridgehead atoms. The molecule has 34 heavy (non-hydrogen) atoms. The molecule has 2 heterocycles. The lowest BCUT2D eigenvalue weighted by atomic mass is 10.1. The normalized spacial score (nSPS) is 12.1. The average molecular weight is 493 g/mol. The zero-order valence-electron chi connectivity index (χ0n) is 18.3. The van der Waals surface area contributed by atoms with E-state index in [-0.39, 0.29) is 19.1 Å². The van der Waals surface area contributed by atoms with Crippen LogP contribution in [0.4, 0.5) is 5.69 Å². The van der Waals surface area contributed by atoms with Crippen LogP contribution in [0.2, 0.25) is 5.02 Å². The fourth-order valence-electron chi connectivity index (χ4n) is 3.74. The van der Waals surface area contributed by atoms with Crippen molar-refractivity contribution in [3.8, 4) is 28.6 Å². The van der Waals surface area contributed by atoms with Gasteiger partial charge in [-0.15, -0.1) is 0 Å². The number of hydrogen-bond donors (Lipinski definition) is 1.